The number of fused-ring (bicyclic) bond motifs is 1. The summed E-state index contributed by atoms with van der Waals surface area (Å²) in [4.78, 5) is 28.3. The highest BCUT2D eigenvalue weighted by atomic mass is 35.5. The van der Waals surface area contributed by atoms with Gasteiger partial charge in [-0.15, -0.1) is 0 Å². The first-order valence-electron chi connectivity index (χ1n) is 9.84. The van der Waals surface area contributed by atoms with Crippen molar-refractivity contribution in [2.24, 2.45) is 0 Å². The van der Waals surface area contributed by atoms with E-state index in [2.05, 4.69) is 0 Å². The molecule has 0 N–H and O–H groups in total. The second kappa shape index (κ2) is 9.31. The van der Waals surface area contributed by atoms with Gasteiger partial charge in [-0.25, -0.2) is 0 Å². The number of methoxy groups -OCH3 is 3. The van der Waals surface area contributed by atoms with Crippen LogP contribution in [-0.2, 0) is 6.54 Å². The van der Waals surface area contributed by atoms with E-state index < -0.39 is 0 Å². The number of pyridine rings is 1. The minimum Gasteiger partial charge on any atom is -0.495 e. The van der Waals surface area contributed by atoms with Crippen LogP contribution in [-0.4, -0.2) is 38.3 Å². The molecule has 0 atom stereocenters. The molecule has 0 saturated heterocycles. The summed E-state index contributed by atoms with van der Waals surface area (Å²) in [6, 6.07) is 8.36. The fraction of sp³-hybridized carbons (Fsp3) is 0.304. The molecule has 0 bridgehead atoms. The van der Waals surface area contributed by atoms with Gasteiger partial charge in [-0.2, -0.15) is 0 Å². The Hall–Kier alpha value is -3.19. The van der Waals surface area contributed by atoms with Gasteiger partial charge in [0.2, 0.25) is 0 Å². The molecule has 7 nitrogen and oxygen atoms in total. The lowest BCUT2D eigenvalue weighted by Crippen LogP contribution is -2.33. The number of hydrogen-bond acceptors (Lipinski definition) is 5. The van der Waals surface area contributed by atoms with Gasteiger partial charge in [-0.1, -0.05) is 11.6 Å². The SMILES string of the molecule is CCN(C(=O)c1cn(CC)c(=O)c2cc(OC)c(OC)cc12)c1cc(Cl)ccc1OC. The fourth-order valence-electron chi connectivity index (χ4n) is 3.57. The summed E-state index contributed by atoms with van der Waals surface area (Å²) < 4.78 is 17.7. The van der Waals surface area contributed by atoms with Crippen molar-refractivity contribution in [3.63, 3.8) is 0 Å². The van der Waals surface area contributed by atoms with E-state index in [-0.39, 0.29) is 11.5 Å². The predicted molar refractivity (Wildman–Crippen MR) is 122 cm³/mol. The summed E-state index contributed by atoms with van der Waals surface area (Å²) in [7, 11) is 4.55. The molecule has 0 spiro atoms. The zero-order chi connectivity index (χ0) is 22.7. The number of benzene rings is 2. The van der Waals surface area contributed by atoms with E-state index in [1.807, 2.05) is 13.8 Å². The van der Waals surface area contributed by atoms with Gasteiger partial charge in [0.1, 0.15) is 5.75 Å². The predicted octanol–water partition coefficient (Wildman–Crippen LogP) is 4.37. The number of nitrogens with zero attached hydrogens (tertiary/aromatic N) is 2. The van der Waals surface area contributed by atoms with Crippen LogP contribution in [0.1, 0.15) is 24.2 Å². The Kier molecular flexibility index (Phi) is 6.75. The normalized spacial score (nSPS) is 10.8. The molecule has 1 amide bonds. The molecule has 3 aromatic rings. The average molecular weight is 445 g/mol. The second-order valence-electron chi connectivity index (χ2n) is 6.75. The van der Waals surface area contributed by atoms with Crippen LogP contribution >= 0.6 is 11.6 Å². The summed E-state index contributed by atoms with van der Waals surface area (Å²) in [6.45, 7) is 4.49. The number of halogens is 1. The number of hydrogen-bond donors (Lipinski definition) is 0. The Balaban J connectivity index is 2.30. The van der Waals surface area contributed by atoms with Crippen LogP contribution in [0.25, 0.3) is 10.8 Å². The van der Waals surface area contributed by atoms with Crippen LogP contribution in [0.2, 0.25) is 5.02 Å². The first kappa shape index (κ1) is 22.5. The van der Waals surface area contributed by atoms with Gasteiger partial charge in [-0.3, -0.25) is 9.59 Å². The zero-order valence-electron chi connectivity index (χ0n) is 18.2. The zero-order valence-corrected chi connectivity index (χ0v) is 18.9. The monoisotopic (exact) mass is 444 g/mol. The number of aryl methyl sites for hydroxylation is 1. The van der Waals surface area contributed by atoms with Gasteiger partial charge in [0, 0.05) is 29.7 Å². The molecule has 0 fully saturated rings. The fourth-order valence-corrected chi connectivity index (χ4v) is 3.73. The molecular formula is C23H25ClN2O5. The van der Waals surface area contributed by atoms with Gasteiger partial charge >= 0.3 is 0 Å². The molecule has 0 aliphatic rings. The van der Waals surface area contributed by atoms with Gasteiger partial charge in [0.05, 0.1) is 38.0 Å². The molecule has 0 saturated carbocycles. The molecule has 1 heterocycles. The van der Waals surface area contributed by atoms with Crippen LogP contribution in [0.3, 0.4) is 0 Å². The number of anilines is 1. The first-order chi connectivity index (χ1) is 14.9. The Morgan fingerprint density at radius 1 is 0.968 bits per heavy atom. The highest BCUT2D eigenvalue weighted by Gasteiger charge is 2.24. The van der Waals surface area contributed by atoms with Gasteiger partial charge < -0.3 is 23.7 Å². The highest BCUT2D eigenvalue weighted by molar-refractivity contribution is 6.31. The molecular weight excluding hydrogens is 420 g/mol. The maximum atomic E-state index is 13.7. The Bertz CT molecular complexity index is 1190. The highest BCUT2D eigenvalue weighted by Crippen LogP contribution is 2.35. The lowest BCUT2D eigenvalue weighted by atomic mass is 10.0. The second-order valence-corrected chi connectivity index (χ2v) is 7.19. The third-order valence-corrected chi connectivity index (χ3v) is 5.39. The topological polar surface area (TPSA) is 70.0 Å². The molecule has 0 radical (unpaired) electrons. The van der Waals surface area contributed by atoms with Crippen molar-refractivity contribution < 1.29 is 19.0 Å². The molecule has 2 aromatic carbocycles. The maximum absolute atomic E-state index is 13.7. The smallest absolute Gasteiger partial charge is 0.260 e. The number of amides is 1. The minimum atomic E-state index is -0.289. The number of carbonyl (C=O) groups is 1. The van der Waals surface area contributed by atoms with Gasteiger partial charge in [0.15, 0.2) is 11.5 Å². The third kappa shape index (κ3) is 4.05. The van der Waals surface area contributed by atoms with Crippen LogP contribution in [0.15, 0.2) is 41.3 Å². The van der Waals surface area contributed by atoms with E-state index in [0.717, 1.165) is 0 Å². The van der Waals surface area contributed by atoms with Crippen molar-refractivity contribution in [2.45, 2.75) is 20.4 Å². The number of aromatic nitrogens is 1. The van der Waals surface area contributed by atoms with Gasteiger partial charge in [0.25, 0.3) is 11.5 Å². The van der Waals surface area contributed by atoms with E-state index >= 15 is 0 Å². The number of carbonyl (C=O) groups excluding carboxylic acids is 1. The molecule has 0 aliphatic heterocycles. The minimum absolute atomic E-state index is 0.210. The summed E-state index contributed by atoms with van der Waals surface area (Å²) in [5.41, 5.74) is 0.699. The average Bonchev–Trinajstić information content (AvgIpc) is 2.79. The quantitative estimate of drug-likeness (QED) is 0.541. The standard InChI is InChI=1S/C23H25ClN2O5/c1-6-25-13-17(15-11-20(30-4)21(31-5)12-16(15)22(25)27)23(28)26(7-2)18-10-14(24)8-9-19(18)29-3/h8-13H,6-7H2,1-5H3. The Labute approximate surface area is 185 Å². The first-order valence-corrected chi connectivity index (χ1v) is 10.2. The van der Waals surface area contributed by atoms with Crippen molar-refractivity contribution in [1.29, 1.82) is 0 Å². The molecule has 1 aromatic heterocycles. The molecule has 8 heteroatoms. The summed E-state index contributed by atoms with van der Waals surface area (Å²) >= 11 is 6.19. The summed E-state index contributed by atoms with van der Waals surface area (Å²) in [6.07, 6.45) is 1.58. The van der Waals surface area contributed by atoms with Crippen molar-refractivity contribution in [2.75, 3.05) is 32.8 Å². The number of ether oxygens (including phenoxy) is 3. The molecule has 31 heavy (non-hydrogen) atoms. The van der Waals surface area contributed by atoms with Crippen molar-refractivity contribution in [3.8, 4) is 17.2 Å². The molecule has 164 valence electrons. The van der Waals surface area contributed by atoms with E-state index in [9.17, 15) is 9.59 Å². The summed E-state index contributed by atoms with van der Waals surface area (Å²) in [5, 5.41) is 1.34. The molecule has 3 rings (SSSR count). The van der Waals surface area contributed by atoms with E-state index in [1.54, 1.807) is 41.4 Å². The Morgan fingerprint density at radius 3 is 2.13 bits per heavy atom. The van der Waals surface area contributed by atoms with Crippen LogP contribution < -0.4 is 24.7 Å². The van der Waals surface area contributed by atoms with Crippen LogP contribution in [0, 0.1) is 0 Å². The van der Waals surface area contributed by atoms with Crippen molar-refractivity contribution in [3.05, 3.63) is 57.5 Å². The van der Waals surface area contributed by atoms with E-state index in [4.69, 9.17) is 25.8 Å². The molecule has 0 unspecified atom stereocenters. The Morgan fingerprint density at radius 2 is 1.58 bits per heavy atom. The maximum Gasteiger partial charge on any atom is 0.260 e. The van der Waals surface area contributed by atoms with Gasteiger partial charge in [-0.05, 0) is 44.2 Å². The van der Waals surface area contributed by atoms with Crippen LogP contribution in [0.4, 0.5) is 5.69 Å². The van der Waals surface area contributed by atoms with Crippen LogP contribution in [0.5, 0.6) is 17.2 Å². The lowest BCUT2D eigenvalue weighted by Gasteiger charge is -2.24. The lowest BCUT2D eigenvalue weighted by molar-refractivity contribution is 0.0988. The number of rotatable bonds is 7. The van der Waals surface area contributed by atoms with Crippen molar-refractivity contribution in [1.82, 2.24) is 4.57 Å². The third-order valence-electron chi connectivity index (χ3n) is 5.15. The van der Waals surface area contributed by atoms with E-state index in [0.29, 0.717) is 57.4 Å². The van der Waals surface area contributed by atoms with E-state index in [1.165, 1.54) is 25.9 Å². The summed E-state index contributed by atoms with van der Waals surface area (Å²) in [5.74, 6) is 1.08. The molecule has 0 aliphatic carbocycles. The largest absolute Gasteiger partial charge is 0.495 e. The van der Waals surface area contributed by atoms with Crippen molar-refractivity contribution >= 4 is 34.0 Å².